The fourth-order valence-electron chi connectivity index (χ4n) is 6.83. The quantitative estimate of drug-likeness (QED) is 0.422. The van der Waals surface area contributed by atoms with Crippen LogP contribution in [-0.4, -0.2) is 80.9 Å². The number of carbonyl (C=O) groups is 2. The van der Waals surface area contributed by atoms with Crippen LogP contribution >= 0.6 is 0 Å². The molecule has 0 unspecified atom stereocenters. The van der Waals surface area contributed by atoms with Gasteiger partial charge in [0.05, 0.1) is 26.4 Å². The summed E-state index contributed by atoms with van der Waals surface area (Å²) < 4.78 is 23.2. The highest BCUT2D eigenvalue weighted by Gasteiger charge is 2.66. The lowest BCUT2D eigenvalue weighted by molar-refractivity contribution is -0.231. The van der Waals surface area contributed by atoms with Crippen LogP contribution in [0.3, 0.4) is 0 Å². The van der Waals surface area contributed by atoms with Crippen molar-refractivity contribution in [3.63, 3.8) is 0 Å². The molecule has 9 nitrogen and oxygen atoms in total. The van der Waals surface area contributed by atoms with E-state index < -0.39 is 43.9 Å². The van der Waals surface area contributed by atoms with Crippen LogP contribution in [0.1, 0.15) is 50.9 Å². The Bertz CT molecular complexity index is 1280. The topological polar surface area (TPSA) is 110 Å². The molecule has 6 atom stereocenters. The van der Waals surface area contributed by atoms with Crippen molar-refractivity contribution in [3.05, 3.63) is 29.5 Å². The highest BCUT2D eigenvalue weighted by atomic mass is 28.4. The van der Waals surface area contributed by atoms with Crippen LogP contribution in [0.4, 0.5) is 0 Å². The number of hydrogen-bond donors (Lipinski definition) is 2. The van der Waals surface area contributed by atoms with Crippen molar-refractivity contribution >= 4 is 31.1 Å². The summed E-state index contributed by atoms with van der Waals surface area (Å²) in [7, 11) is 2.06. The summed E-state index contributed by atoms with van der Waals surface area (Å²) in [4.78, 5) is 33.0. The minimum atomic E-state index is -2.33. The fourth-order valence-corrected chi connectivity index (χ4v) is 8.16. The smallest absolute Gasteiger partial charge is 0.341 e. The standard InChI is InChI=1S/C29H42N2O7Si/c1-28(2,3)39(7,8)38-23-14-19-20(29(34,25(23)36-5)27(33)37-6)15-22-24-18(11-12-31(22)26(19)32)17-10-9-16(35-4)13-21(17)30-24/h9-10,13,19-20,22-23,25,30,34H,11-12,14-15H2,1-8H3/t19-,20-,22+,23+,25-,29-/m0/s1. The molecule has 2 fully saturated rings. The van der Waals surface area contributed by atoms with Gasteiger partial charge in [-0.25, -0.2) is 4.79 Å². The number of piperidine rings is 1. The number of methoxy groups -OCH3 is 3. The van der Waals surface area contributed by atoms with Crippen molar-refractivity contribution in [2.75, 3.05) is 27.9 Å². The van der Waals surface area contributed by atoms with Gasteiger partial charge in [0.25, 0.3) is 0 Å². The van der Waals surface area contributed by atoms with Gasteiger partial charge in [-0.1, -0.05) is 20.8 Å². The lowest BCUT2D eigenvalue weighted by atomic mass is 9.61. The van der Waals surface area contributed by atoms with Crippen molar-refractivity contribution in [1.82, 2.24) is 9.88 Å². The zero-order chi connectivity index (χ0) is 28.5. The van der Waals surface area contributed by atoms with Crippen molar-refractivity contribution in [2.24, 2.45) is 11.8 Å². The lowest BCUT2D eigenvalue weighted by Crippen LogP contribution is -2.71. The molecule has 10 heteroatoms. The summed E-state index contributed by atoms with van der Waals surface area (Å²) in [6.45, 7) is 11.2. The number of amides is 1. The second-order valence-corrected chi connectivity index (χ2v) is 17.6. The summed E-state index contributed by atoms with van der Waals surface area (Å²) in [5.41, 5.74) is 1.03. The Hall–Kier alpha value is -2.40. The van der Waals surface area contributed by atoms with Gasteiger partial charge in [-0.05, 0) is 55.1 Å². The van der Waals surface area contributed by atoms with Crippen LogP contribution in [0.25, 0.3) is 10.9 Å². The molecule has 3 aliphatic rings. The first kappa shape index (κ1) is 28.1. The van der Waals surface area contributed by atoms with E-state index in [0.29, 0.717) is 19.4 Å². The lowest BCUT2D eigenvalue weighted by Gasteiger charge is -2.56. The monoisotopic (exact) mass is 558 g/mol. The zero-order valence-electron chi connectivity index (χ0n) is 24.3. The molecule has 0 spiro atoms. The third-order valence-corrected chi connectivity index (χ3v) is 14.4. The largest absolute Gasteiger partial charge is 0.497 e. The molecular weight excluding hydrogens is 516 g/mol. The van der Waals surface area contributed by atoms with Crippen LogP contribution in [0.2, 0.25) is 18.1 Å². The van der Waals surface area contributed by atoms with Gasteiger partial charge in [0.1, 0.15) is 11.9 Å². The van der Waals surface area contributed by atoms with E-state index in [4.69, 9.17) is 18.6 Å². The Morgan fingerprint density at radius 3 is 2.51 bits per heavy atom. The maximum Gasteiger partial charge on any atom is 0.341 e. The maximum atomic E-state index is 14.2. The Morgan fingerprint density at radius 2 is 1.90 bits per heavy atom. The number of aromatic nitrogens is 1. The van der Waals surface area contributed by atoms with Crippen LogP contribution in [-0.2, 0) is 29.9 Å². The number of ether oxygens (including phenoxy) is 3. The number of aromatic amines is 1. The van der Waals surface area contributed by atoms with E-state index in [-0.39, 0.29) is 17.0 Å². The SMILES string of the molecule is COC(=O)[C@]1(O)[C@H]2C[C@@H]3c4[nH]c5cc(OC)ccc5c4CCN3C(=O)[C@H]2C[C@@H](O[Si](C)(C)C(C)(C)C)[C@@H]1OC. The van der Waals surface area contributed by atoms with E-state index in [1.54, 1.807) is 7.11 Å². The molecule has 1 aromatic heterocycles. The van der Waals surface area contributed by atoms with Crippen LogP contribution in [0.15, 0.2) is 18.2 Å². The second kappa shape index (κ2) is 9.61. The Labute approximate surface area is 231 Å². The fraction of sp³-hybridized carbons (Fsp3) is 0.655. The number of rotatable bonds is 5. The minimum absolute atomic E-state index is 0.0566. The minimum Gasteiger partial charge on any atom is -0.497 e. The van der Waals surface area contributed by atoms with Crippen LogP contribution < -0.4 is 4.74 Å². The molecule has 1 aromatic carbocycles. The molecule has 2 aliphatic heterocycles. The van der Waals surface area contributed by atoms with Gasteiger partial charge >= 0.3 is 5.97 Å². The van der Waals surface area contributed by atoms with Crippen LogP contribution in [0, 0.1) is 11.8 Å². The second-order valence-electron chi connectivity index (χ2n) is 12.8. The summed E-state index contributed by atoms with van der Waals surface area (Å²) >= 11 is 0. The van der Waals surface area contributed by atoms with Gasteiger partial charge in [0.2, 0.25) is 5.91 Å². The van der Waals surface area contributed by atoms with Crippen molar-refractivity contribution in [2.45, 2.75) is 82.0 Å². The molecule has 39 heavy (non-hydrogen) atoms. The first-order chi connectivity index (χ1) is 18.3. The molecule has 1 saturated heterocycles. The molecule has 0 radical (unpaired) electrons. The van der Waals surface area contributed by atoms with Gasteiger partial charge in [0.15, 0.2) is 13.9 Å². The maximum absolute atomic E-state index is 14.2. The number of nitrogens with zero attached hydrogens (tertiary/aromatic N) is 1. The van der Waals surface area contributed by atoms with Crippen molar-refractivity contribution in [3.8, 4) is 5.75 Å². The molecule has 1 amide bonds. The molecular formula is C29H42N2O7Si. The number of H-pyrrole nitrogens is 1. The van der Waals surface area contributed by atoms with Crippen molar-refractivity contribution in [1.29, 1.82) is 0 Å². The predicted octanol–water partition coefficient (Wildman–Crippen LogP) is 3.95. The normalized spacial score (nSPS) is 30.9. The predicted molar refractivity (Wildman–Crippen MR) is 149 cm³/mol. The Morgan fingerprint density at radius 1 is 1.18 bits per heavy atom. The Balaban J connectivity index is 1.57. The van der Waals surface area contributed by atoms with E-state index in [1.165, 1.54) is 19.8 Å². The average Bonchev–Trinajstić information content (AvgIpc) is 3.26. The van der Waals surface area contributed by atoms with E-state index >= 15 is 0 Å². The summed E-state index contributed by atoms with van der Waals surface area (Å²) in [6.07, 6.45) is -0.0654. The highest BCUT2D eigenvalue weighted by Crippen LogP contribution is 2.53. The molecule has 2 N–H and O–H groups in total. The van der Waals surface area contributed by atoms with Gasteiger partial charge in [-0.15, -0.1) is 0 Å². The third kappa shape index (κ3) is 4.22. The number of aliphatic hydroxyl groups is 1. The molecule has 0 bridgehead atoms. The van der Waals surface area contributed by atoms with E-state index in [0.717, 1.165) is 28.8 Å². The molecule has 1 aliphatic carbocycles. The van der Waals surface area contributed by atoms with Crippen molar-refractivity contribution < 1.29 is 33.3 Å². The number of esters is 1. The molecule has 3 heterocycles. The molecule has 2 aromatic rings. The van der Waals surface area contributed by atoms with E-state index in [1.807, 2.05) is 23.1 Å². The summed E-state index contributed by atoms with van der Waals surface area (Å²) in [6, 6.07) is 5.64. The zero-order valence-corrected chi connectivity index (χ0v) is 25.3. The number of benzene rings is 1. The van der Waals surface area contributed by atoms with E-state index in [2.05, 4.69) is 38.8 Å². The number of nitrogens with one attached hydrogen (secondary N) is 1. The van der Waals surface area contributed by atoms with Gasteiger partial charge < -0.3 is 33.6 Å². The number of fused-ring (bicyclic) bond motifs is 6. The molecule has 1 saturated carbocycles. The number of hydrogen-bond acceptors (Lipinski definition) is 7. The number of carbonyl (C=O) groups excluding carboxylic acids is 2. The van der Waals surface area contributed by atoms with Crippen LogP contribution in [0.5, 0.6) is 5.75 Å². The average molecular weight is 559 g/mol. The first-order valence-corrected chi connectivity index (χ1v) is 16.7. The highest BCUT2D eigenvalue weighted by molar-refractivity contribution is 6.74. The molecule has 214 valence electrons. The van der Waals surface area contributed by atoms with Gasteiger partial charge in [0, 0.05) is 48.2 Å². The van der Waals surface area contributed by atoms with E-state index in [9.17, 15) is 14.7 Å². The Kier molecular flexibility index (Phi) is 6.93. The van der Waals surface area contributed by atoms with Gasteiger partial charge in [-0.2, -0.15) is 0 Å². The summed E-state index contributed by atoms with van der Waals surface area (Å²) in [5, 5.41) is 13.3. The third-order valence-electron chi connectivity index (χ3n) is 9.86. The molecule has 5 rings (SSSR count). The summed E-state index contributed by atoms with van der Waals surface area (Å²) in [5.74, 6) is -1.36. The van der Waals surface area contributed by atoms with Gasteiger partial charge in [-0.3, -0.25) is 4.79 Å². The first-order valence-electron chi connectivity index (χ1n) is 13.8.